The lowest BCUT2D eigenvalue weighted by atomic mass is 10.1. The van der Waals surface area contributed by atoms with Crippen molar-refractivity contribution in [2.45, 2.75) is 49.9 Å². The summed E-state index contributed by atoms with van der Waals surface area (Å²) in [7, 11) is 0. The first-order chi connectivity index (χ1) is 7.35. The third kappa shape index (κ3) is 2.69. The second kappa shape index (κ2) is 5.55. The zero-order valence-electron chi connectivity index (χ0n) is 10.0. The molecule has 2 nitrogen and oxygen atoms in total. The van der Waals surface area contributed by atoms with Crippen LogP contribution in [0.2, 0.25) is 0 Å². The van der Waals surface area contributed by atoms with Crippen LogP contribution in [0.5, 0.6) is 0 Å². The first-order valence-electron chi connectivity index (χ1n) is 6.35. The molecule has 1 saturated heterocycles. The molecule has 1 N–H and O–H groups in total. The predicted octanol–water partition coefficient (Wildman–Crippen LogP) is 1.95. The molecular weight excluding hydrogens is 204 g/mol. The fourth-order valence-corrected chi connectivity index (χ4v) is 4.05. The zero-order chi connectivity index (χ0) is 10.7. The van der Waals surface area contributed by atoms with Crippen molar-refractivity contribution in [3.05, 3.63) is 0 Å². The van der Waals surface area contributed by atoms with Crippen LogP contribution in [-0.4, -0.2) is 48.1 Å². The Labute approximate surface area is 98.2 Å². The maximum atomic E-state index is 3.61. The lowest BCUT2D eigenvalue weighted by Crippen LogP contribution is -2.54. The Balaban J connectivity index is 1.91. The van der Waals surface area contributed by atoms with E-state index in [1.54, 1.807) is 0 Å². The van der Waals surface area contributed by atoms with Crippen LogP contribution >= 0.6 is 11.8 Å². The van der Waals surface area contributed by atoms with E-state index in [0.717, 1.165) is 17.3 Å². The van der Waals surface area contributed by atoms with E-state index < -0.39 is 0 Å². The van der Waals surface area contributed by atoms with E-state index in [4.69, 9.17) is 0 Å². The van der Waals surface area contributed by atoms with E-state index >= 15 is 0 Å². The first-order valence-corrected chi connectivity index (χ1v) is 7.64. The van der Waals surface area contributed by atoms with Crippen molar-refractivity contribution in [3.63, 3.8) is 0 Å². The minimum atomic E-state index is 0.738. The van der Waals surface area contributed by atoms with E-state index in [1.165, 1.54) is 45.3 Å². The summed E-state index contributed by atoms with van der Waals surface area (Å²) in [6.07, 6.45) is 7.86. The largest absolute Gasteiger partial charge is 0.311 e. The molecule has 15 heavy (non-hydrogen) atoms. The Bertz CT molecular complexity index is 198. The van der Waals surface area contributed by atoms with Gasteiger partial charge in [0, 0.05) is 37.0 Å². The molecule has 2 aliphatic rings. The Morgan fingerprint density at radius 3 is 3.00 bits per heavy atom. The van der Waals surface area contributed by atoms with Crippen molar-refractivity contribution in [1.82, 2.24) is 10.2 Å². The van der Waals surface area contributed by atoms with E-state index in [-0.39, 0.29) is 0 Å². The molecule has 0 radical (unpaired) electrons. The van der Waals surface area contributed by atoms with Crippen molar-refractivity contribution < 1.29 is 0 Å². The summed E-state index contributed by atoms with van der Waals surface area (Å²) < 4.78 is 0. The SMILES string of the molecule is CCC1CN(C2CCCC2SC)CCN1. The van der Waals surface area contributed by atoms with Crippen LogP contribution in [0, 0.1) is 0 Å². The summed E-state index contributed by atoms with van der Waals surface area (Å²) in [6.45, 7) is 6.02. The Morgan fingerprint density at radius 2 is 2.27 bits per heavy atom. The van der Waals surface area contributed by atoms with Crippen molar-refractivity contribution in [2.75, 3.05) is 25.9 Å². The van der Waals surface area contributed by atoms with Gasteiger partial charge in [0.25, 0.3) is 0 Å². The van der Waals surface area contributed by atoms with E-state index in [9.17, 15) is 0 Å². The Hall–Kier alpha value is 0.270. The molecule has 1 saturated carbocycles. The molecule has 0 aromatic heterocycles. The molecule has 0 aromatic carbocycles. The van der Waals surface area contributed by atoms with E-state index in [0.29, 0.717) is 0 Å². The first kappa shape index (κ1) is 11.7. The molecule has 2 rings (SSSR count). The van der Waals surface area contributed by atoms with Crippen LogP contribution in [0.4, 0.5) is 0 Å². The van der Waals surface area contributed by atoms with E-state index in [1.807, 2.05) is 0 Å². The number of rotatable bonds is 3. The average Bonchev–Trinajstić information content (AvgIpc) is 2.77. The lowest BCUT2D eigenvalue weighted by Gasteiger charge is -2.39. The minimum Gasteiger partial charge on any atom is -0.311 e. The predicted molar refractivity (Wildman–Crippen MR) is 68.6 cm³/mol. The van der Waals surface area contributed by atoms with Gasteiger partial charge in [0.1, 0.15) is 0 Å². The normalized spacial score (nSPS) is 38.4. The topological polar surface area (TPSA) is 15.3 Å². The van der Waals surface area contributed by atoms with Gasteiger partial charge < -0.3 is 5.32 Å². The van der Waals surface area contributed by atoms with Crippen LogP contribution in [-0.2, 0) is 0 Å². The van der Waals surface area contributed by atoms with E-state index in [2.05, 4.69) is 35.2 Å². The van der Waals surface area contributed by atoms with Gasteiger partial charge in [-0.3, -0.25) is 4.90 Å². The molecule has 3 heteroatoms. The van der Waals surface area contributed by atoms with Crippen molar-refractivity contribution in [1.29, 1.82) is 0 Å². The second-order valence-electron chi connectivity index (χ2n) is 4.83. The highest BCUT2D eigenvalue weighted by atomic mass is 32.2. The van der Waals surface area contributed by atoms with Gasteiger partial charge >= 0.3 is 0 Å². The molecule has 1 heterocycles. The van der Waals surface area contributed by atoms with Crippen molar-refractivity contribution >= 4 is 11.8 Å². The third-order valence-electron chi connectivity index (χ3n) is 3.97. The molecule has 1 aliphatic heterocycles. The monoisotopic (exact) mass is 228 g/mol. The zero-order valence-corrected chi connectivity index (χ0v) is 10.9. The van der Waals surface area contributed by atoms with Crippen LogP contribution in [0.25, 0.3) is 0 Å². The molecule has 2 fully saturated rings. The number of thioether (sulfide) groups is 1. The van der Waals surface area contributed by atoms with Crippen LogP contribution < -0.4 is 5.32 Å². The maximum absolute atomic E-state index is 3.61. The van der Waals surface area contributed by atoms with Crippen LogP contribution in [0.1, 0.15) is 32.6 Å². The standard InChI is InChI=1S/C12H24N2S/c1-3-10-9-14(8-7-13-10)11-5-4-6-12(11)15-2/h10-13H,3-9H2,1-2H3. The average molecular weight is 228 g/mol. The molecule has 0 spiro atoms. The maximum Gasteiger partial charge on any atom is 0.0215 e. The molecule has 0 bridgehead atoms. The Morgan fingerprint density at radius 1 is 1.40 bits per heavy atom. The molecular formula is C12H24N2S. The highest BCUT2D eigenvalue weighted by Gasteiger charge is 2.33. The van der Waals surface area contributed by atoms with Gasteiger partial charge in [-0.05, 0) is 25.5 Å². The number of hydrogen-bond donors (Lipinski definition) is 1. The summed E-state index contributed by atoms with van der Waals surface area (Å²) in [4.78, 5) is 2.75. The van der Waals surface area contributed by atoms with Gasteiger partial charge in [-0.1, -0.05) is 13.3 Å². The quantitative estimate of drug-likeness (QED) is 0.795. The van der Waals surface area contributed by atoms with Gasteiger partial charge in [0.05, 0.1) is 0 Å². The minimum absolute atomic E-state index is 0.738. The third-order valence-corrected chi connectivity index (χ3v) is 5.12. The summed E-state index contributed by atoms with van der Waals surface area (Å²) in [5, 5.41) is 4.51. The van der Waals surface area contributed by atoms with Crippen molar-refractivity contribution in [3.8, 4) is 0 Å². The number of hydrogen-bond acceptors (Lipinski definition) is 3. The number of nitrogens with zero attached hydrogens (tertiary/aromatic N) is 1. The molecule has 3 atom stereocenters. The number of piperazine rings is 1. The van der Waals surface area contributed by atoms with Gasteiger partial charge in [0.2, 0.25) is 0 Å². The summed E-state index contributed by atoms with van der Waals surface area (Å²) >= 11 is 2.08. The van der Waals surface area contributed by atoms with Crippen LogP contribution in [0.3, 0.4) is 0 Å². The molecule has 0 amide bonds. The molecule has 3 unspecified atom stereocenters. The van der Waals surface area contributed by atoms with Crippen molar-refractivity contribution in [2.24, 2.45) is 0 Å². The highest BCUT2D eigenvalue weighted by molar-refractivity contribution is 7.99. The smallest absolute Gasteiger partial charge is 0.0215 e. The lowest BCUT2D eigenvalue weighted by molar-refractivity contribution is 0.146. The van der Waals surface area contributed by atoms with Gasteiger partial charge in [-0.15, -0.1) is 0 Å². The highest BCUT2D eigenvalue weighted by Crippen LogP contribution is 2.32. The molecule has 1 aliphatic carbocycles. The summed E-state index contributed by atoms with van der Waals surface area (Å²) in [5.74, 6) is 0. The fraction of sp³-hybridized carbons (Fsp3) is 1.00. The van der Waals surface area contributed by atoms with Gasteiger partial charge in [-0.2, -0.15) is 11.8 Å². The van der Waals surface area contributed by atoms with Gasteiger partial charge in [-0.25, -0.2) is 0 Å². The second-order valence-corrected chi connectivity index (χ2v) is 5.90. The summed E-state index contributed by atoms with van der Waals surface area (Å²) in [6, 6.07) is 1.61. The fourth-order valence-electron chi connectivity index (χ4n) is 3.02. The Kier molecular flexibility index (Phi) is 4.35. The number of nitrogens with one attached hydrogen (secondary N) is 1. The molecule has 0 aromatic rings. The van der Waals surface area contributed by atoms with Gasteiger partial charge in [0.15, 0.2) is 0 Å². The summed E-state index contributed by atoms with van der Waals surface area (Å²) in [5.41, 5.74) is 0. The molecule has 88 valence electrons. The van der Waals surface area contributed by atoms with Crippen LogP contribution in [0.15, 0.2) is 0 Å².